The van der Waals surface area contributed by atoms with Gasteiger partial charge in [0.05, 0.1) is 13.3 Å². The molecule has 0 aliphatic rings. The van der Waals surface area contributed by atoms with Gasteiger partial charge in [0.25, 0.3) is 0 Å². The quantitative estimate of drug-likeness (QED) is 0.327. The van der Waals surface area contributed by atoms with E-state index in [-0.39, 0.29) is 0 Å². The van der Waals surface area contributed by atoms with Gasteiger partial charge in [-0.2, -0.15) is 0 Å². The molecule has 4 rings (SSSR count). The molecule has 7 nitrogen and oxygen atoms in total. The van der Waals surface area contributed by atoms with E-state index in [9.17, 15) is 0 Å². The van der Waals surface area contributed by atoms with Crippen molar-refractivity contribution in [1.29, 1.82) is 0 Å². The summed E-state index contributed by atoms with van der Waals surface area (Å²) in [5, 5.41) is 6.67. The van der Waals surface area contributed by atoms with E-state index < -0.39 is 0 Å². The molecule has 0 aliphatic heterocycles. The molecule has 0 bridgehead atoms. The second kappa shape index (κ2) is 9.92. The van der Waals surface area contributed by atoms with Crippen molar-refractivity contribution in [3.8, 4) is 16.9 Å². The van der Waals surface area contributed by atoms with Crippen LogP contribution in [0.1, 0.15) is 0 Å². The Balaban J connectivity index is 1.51. The fraction of sp³-hybridized carbons (Fsp3) is 0.0870. The maximum Gasteiger partial charge on any atom is 0.137 e. The van der Waals surface area contributed by atoms with Crippen LogP contribution in [0.4, 0.5) is 23.0 Å². The summed E-state index contributed by atoms with van der Waals surface area (Å²) >= 11 is 1.56. The van der Waals surface area contributed by atoms with E-state index >= 15 is 0 Å². The molecule has 3 N–H and O–H groups in total. The van der Waals surface area contributed by atoms with Gasteiger partial charge in [0.1, 0.15) is 23.7 Å². The first kappa shape index (κ1) is 20.6. The van der Waals surface area contributed by atoms with Crippen LogP contribution in [0.2, 0.25) is 0 Å². The highest BCUT2D eigenvalue weighted by Gasteiger charge is 2.05. The van der Waals surface area contributed by atoms with Gasteiger partial charge >= 0.3 is 0 Å². The highest BCUT2D eigenvalue weighted by Crippen LogP contribution is 2.27. The highest BCUT2D eigenvalue weighted by molar-refractivity contribution is 7.97. The maximum atomic E-state index is 5.28. The number of nitrogens with zero attached hydrogens (tertiary/aromatic N) is 3. The Labute approximate surface area is 185 Å². The molecule has 0 fully saturated rings. The van der Waals surface area contributed by atoms with Crippen LogP contribution in [-0.2, 0) is 0 Å². The van der Waals surface area contributed by atoms with Gasteiger partial charge in [-0.05, 0) is 61.0 Å². The summed E-state index contributed by atoms with van der Waals surface area (Å²) in [6.07, 6.45) is 5.04. The van der Waals surface area contributed by atoms with Crippen LogP contribution in [0.5, 0.6) is 5.75 Å². The van der Waals surface area contributed by atoms with Gasteiger partial charge in [-0.25, -0.2) is 9.97 Å². The second-order valence-electron chi connectivity index (χ2n) is 6.57. The van der Waals surface area contributed by atoms with Crippen molar-refractivity contribution >= 4 is 35.0 Å². The number of methoxy groups -OCH3 is 1. The molecule has 0 unspecified atom stereocenters. The van der Waals surface area contributed by atoms with Crippen molar-refractivity contribution in [2.45, 2.75) is 4.90 Å². The Bertz CT molecular complexity index is 1170. The van der Waals surface area contributed by atoms with E-state index in [4.69, 9.17) is 4.74 Å². The molecule has 31 heavy (non-hydrogen) atoms. The third-order valence-corrected chi connectivity index (χ3v) is 5.10. The molecule has 2 aromatic carbocycles. The zero-order valence-electron chi connectivity index (χ0n) is 17.2. The van der Waals surface area contributed by atoms with E-state index in [1.165, 1.54) is 6.33 Å². The van der Waals surface area contributed by atoms with Crippen LogP contribution in [-0.4, -0.2) is 29.1 Å². The molecule has 2 aromatic heterocycles. The minimum atomic E-state index is 0.694. The van der Waals surface area contributed by atoms with Gasteiger partial charge in [0.15, 0.2) is 0 Å². The molecule has 0 radical (unpaired) electrons. The average molecular weight is 431 g/mol. The zero-order valence-corrected chi connectivity index (χ0v) is 18.0. The monoisotopic (exact) mass is 430 g/mol. The number of anilines is 4. The predicted octanol–water partition coefficient (Wildman–Crippen LogP) is 5.26. The van der Waals surface area contributed by atoms with Gasteiger partial charge in [0, 0.05) is 34.1 Å². The van der Waals surface area contributed by atoms with Crippen molar-refractivity contribution in [3.63, 3.8) is 0 Å². The third kappa shape index (κ3) is 5.50. The lowest BCUT2D eigenvalue weighted by Crippen LogP contribution is -1.99. The first-order chi connectivity index (χ1) is 15.2. The first-order valence-electron chi connectivity index (χ1n) is 9.63. The Kier molecular flexibility index (Phi) is 6.61. The van der Waals surface area contributed by atoms with Crippen LogP contribution < -0.4 is 20.1 Å². The van der Waals surface area contributed by atoms with Gasteiger partial charge in [0.2, 0.25) is 0 Å². The molecule has 8 heteroatoms. The van der Waals surface area contributed by atoms with E-state index in [1.807, 2.05) is 67.8 Å². The zero-order chi connectivity index (χ0) is 21.5. The summed E-state index contributed by atoms with van der Waals surface area (Å²) in [5.41, 5.74) is 3.88. The average Bonchev–Trinajstić information content (AvgIpc) is 2.80. The minimum Gasteiger partial charge on any atom is -0.495 e. The molecule has 0 saturated heterocycles. The Morgan fingerprint density at radius 1 is 0.806 bits per heavy atom. The number of hydrogen-bond donors (Lipinski definition) is 3. The topological polar surface area (TPSA) is 84.0 Å². The molecule has 0 spiro atoms. The Morgan fingerprint density at radius 3 is 2.29 bits per heavy atom. The molecular formula is C23H22N6OS. The van der Waals surface area contributed by atoms with Crippen molar-refractivity contribution in [1.82, 2.24) is 19.7 Å². The van der Waals surface area contributed by atoms with E-state index in [2.05, 4.69) is 36.4 Å². The Hall–Kier alpha value is -3.62. The molecular weight excluding hydrogens is 408 g/mol. The molecule has 0 amide bonds. The lowest BCUT2D eigenvalue weighted by atomic mass is 10.1. The molecule has 2 heterocycles. The number of ether oxygens (including phenoxy) is 1. The predicted molar refractivity (Wildman–Crippen MR) is 126 cm³/mol. The summed E-state index contributed by atoms with van der Waals surface area (Å²) in [5.74, 6) is 2.12. The van der Waals surface area contributed by atoms with Crippen LogP contribution in [0.15, 0.2) is 84.3 Å². The largest absolute Gasteiger partial charge is 0.495 e. The summed E-state index contributed by atoms with van der Waals surface area (Å²) in [6, 6.07) is 20.0. The normalized spacial score (nSPS) is 10.5. The SMILES string of the molecule is CNSc1cccc(Nc2cc(Nc3cccc(-c4cncc(OC)c4)c3)ncn2)c1. The summed E-state index contributed by atoms with van der Waals surface area (Å²) in [7, 11) is 3.53. The summed E-state index contributed by atoms with van der Waals surface area (Å²) in [4.78, 5) is 14.0. The number of pyridine rings is 1. The number of benzene rings is 2. The lowest BCUT2D eigenvalue weighted by molar-refractivity contribution is 0.413. The van der Waals surface area contributed by atoms with Crippen LogP contribution in [0, 0.1) is 0 Å². The maximum absolute atomic E-state index is 5.28. The van der Waals surface area contributed by atoms with Gasteiger partial charge in [-0.3, -0.25) is 9.71 Å². The van der Waals surface area contributed by atoms with E-state index in [0.29, 0.717) is 11.6 Å². The standard InChI is InChI=1S/C23H22N6OS/c1-24-31-21-8-4-7-19(11-21)29-23-12-22(26-15-27-23)28-18-6-3-5-16(9-18)17-10-20(30-2)14-25-13-17/h3-15,24H,1-2H3,(H2,26,27,28,29). The number of nitrogens with one attached hydrogen (secondary N) is 3. The van der Waals surface area contributed by atoms with Crippen molar-refractivity contribution in [3.05, 3.63) is 79.4 Å². The van der Waals surface area contributed by atoms with Gasteiger partial charge in [-0.1, -0.05) is 18.2 Å². The molecule has 0 aliphatic carbocycles. The number of hydrogen-bond acceptors (Lipinski definition) is 8. The molecule has 4 aromatic rings. The summed E-state index contributed by atoms with van der Waals surface area (Å²) < 4.78 is 8.35. The van der Waals surface area contributed by atoms with Crippen LogP contribution >= 0.6 is 11.9 Å². The highest BCUT2D eigenvalue weighted by atomic mass is 32.2. The van der Waals surface area contributed by atoms with Crippen molar-refractivity contribution in [2.24, 2.45) is 0 Å². The van der Waals surface area contributed by atoms with Gasteiger partial charge < -0.3 is 15.4 Å². The van der Waals surface area contributed by atoms with Crippen molar-refractivity contribution < 1.29 is 4.74 Å². The molecule has 0 atom stereocenters. The fourth-order valence-electron chi connectivity index (χ4n) is 3.01. The van der Waals surface area contributed by atoms with E-state index in [0.717, 1.165) is 33.1 Å². The minimum absolute atomic E-state index is 0.694. The number of rotatable bonds is 8. The van der Waals surface area contributed by atoms with Gasteiger partial charge in [-0.15, -0.1) is 0 Å². The Morgan fingerprint density at radius 2 is 1.55 bits per heavy atom. The lowest BCUT2D eigenvalue weighted by Gasteiger charge is -2.11. The molecule has 156 valence electrons. The van der Waals surface area contributed by atoms with Crippen LogP contribution in [0.25, 0.3) is 11.1 Å². The van der Waals surface area contributed by atoms with Crippen molar-refractivity contribution in [2.75, 3.05) is 24.8 Å². The number of aromatic nitrogens is 3. The smallest absolute Gasteiger partial charge is 0.137 e. The summed E-state index contributed by atoms with van der Waals surface area (Å²) in [6.45, 7) is 0. The third-order valence-electron chi connectivity index (χ3n) is 4.41. The first-order valence-corrected chi connectivity index (χ1v) is 10.4. The van der Waals surface area contributed by atoms with Crippen LogP contribution in [0.3, 0.4) is 0 Å². The molecule has 0 saturated carbocycles. The second-order valence-corrected chi connectivity index (χ2v) is 7.65. The fourth-order valence-corrected chi connectivity index (χ4v) is 3.58. The van der Waals surface area contributed by atoms with E-state index in [1.54, 1.807) is 25.3 Å².